The normalized spacial score (nSPS) is 11.2. The molecule has 0 saturated heterocycles. The quantitative estimate of drug-likeness (QED) is 0.839. The highest BCUT2D eigenvalue weighted by atomic mass is 16.5. The van der Waals surface area contributed by atoms with Crippen LogP contribution in [0.15, 0.2) is 30.5 Å². The van der Waals surface area contributed by atoms with E-state index in [0.717, 1.165) is 28.8 Å². The van der Waals surface area contributed by atoms with Gasteiger partial charge in [-0.3, -0.25) is 4.98 Å². The SMILES string of the molecule is COCCN(c1ccc(N)c2ncccc12)C(C)C. The first-order chi connectivity index (χ1) is 9.15. The molecule has 0 spiro atoms. The largest absolute Gasteiger partial charge is 0.397 e. The Kier molecular flexibility index (Phi) is 4.22. The molecular weight excluding hydrogens is 238 g/mol. The van der Waals surface area contributed by atoms with Crippen LogP contribution in [-0.2, 0) is 4.74 Å². The molecule has 0 aliphatic carbocycles. The van der Waals surface area contributed by atoms with Gasteiger partial charge in [0.2, 0.25) is 0 Å². The molecule has 0 aliphatic rings. The van der Waals surface area contributed by atoms with Crippen molar-refractivity contribution in [1.29, 1.82) is 0 Å². The van der Waals surface area contributed by atoms with Crippen LogP contribution < -0.4 is 10.6 Å². The molecule has 0 unspecified atom stereocenters. The van der Waals surface area contributed by atoms with Gasteiger partial charge in [0, 0.05) is 37.0 Å². The summed E-state index contributed by atoms with van der Waals surface area (Å²) in [4.78, 5) is 6.69. The molecule has 0 fully saturated rings. The number of rotatable bonds is 5. The Labute approximate surface area is 114 Å². The summed E-state index contributed by atoms with van der Waals surface area (Å²) in [5.41, 5.74) is 8.73. The Hall–Kier alpha value is -1.81. The Morgan fingerprint density at radius 2 is 2.11 bits per heavy atom. The molecule has 2 N–H and O–H groups in total. The van der Waals surface area contributed by atoms with Crippen molar-refractivity contribution in [3.63, 3.8) is 0 Å². The third kappa shape index (κ3) is 2.79. The molecule has 0 aliphatic heterocycles. The van der Waals surface area contributed by atoms with E-state index in [1.165, 1.54) is 0 Å². The number of benzene rings is 1. The van der Waals surface area contributed by atoms with Gasteiger partial charge in [-0.15, -0.1) is 0 Å². The number of aromatic nitrogens is 1. The highest BCUT2D eigenvalue weighted by Crippen LogP contribution is 2.30. The molecule has 19 heavy (non-hydrogen) atoms. The van der Waals surface area contributed by atoms with Crippen LogP contribution in [0.2, 0.25) is 0 Å². The van der Waals surface area contributed by atoms with Gasteiger partial charge in [-0.05, 0) is 38.1 Å². The fourth-order valence-corrected chi connectivity index (χ4v) is 2.28. The zero-order chi connectivity index (χ0) is 13.8. The predicted molar refractivity (Wildman–Crippen MR) is 80.5 cm³/mol. The standard InChI is InChI=1S/C15H21N3O/c1-11(2)18(9-10-19-3)14-7-6-13(16)15-12(14)5-4-8-17-15/h4-8,11H,9-10,16H2,1-3H3. The van der Waals surface area contributed by atoms with E-state index < -0.39 is 0 Å². The van der Waals surface area contributed by atoms with Crippen LogP contribution in [0.25, 0.3) is 10.9 Å². The van der Waals surface area contributed by atoms with Crippen molar-refractivity contribution < 1.29 is 4.74 Å². The van der Waals surface area contributed by atoms with E-state index in [1.807, 2.05) is 12.1 Å². The molecule has 1 heterocycles. The average molecular weight is 259 g/mol. The molecule has 2 aromatic rings. The zero-order valence-electron chi connectivity index (χ0n) is 11.8. The van der Waals surface area contributed by atoms with Gasteiger partial charge in [-0.1, -0.05) is 0 Å². The maximum absolute atomic E-state index is 6.00. The molecule has 0 saturated carbocycles. The number of hydrogen-bond acceptors (Lipinski definition) is 4. The van der Waals surface area contributed by atoms with E-state index in [1.54, 1.807) is 13.3 Å². The lowest BCUT2D eigenvalue weighted by Gasteiger charge is -2.30. The van der Waals surface area contributed by atoms with Crippen LogP contribution in [-0.4, -0.2) is 31.3 Å². The first-order valence-corrected chi connectivity index (χ1v) is 6.54. The van der Waals surface area contributed by atoms with Crippen molar-refractivity contribution in [3.8, 4) is 0 Å². The molecule has 2 rings (SSSR count). The maximum atomic E-state index is 6.00. The second-order valence-corrected chi connectivity index (χ2v) is 4.85. The molecule has 0 atom stereocenters. The summed E-state index contributed by atoms with van der Waals surface area (Å²) in [6, 6.07) is 8.39. The highest BCUT2D eigenvalue weighted by Gasteiger charge is 2.14. The monoisotopic (exact) mass is 259 g/mol. The Morgan fingerprint density at radius 3 is 2.79 bits per heavy atom. The number of nitrogens with two attached hydrogens (primary N) is 1. The minimum absolute atomic E-state index is 0.391. The van der Waals surface area contributed by atoms with Crippen LogP contribution in [0.5, 0.6) is 0 Å². The van der Waals surface area contributed by atoms with Gasteiger partial charge < -0.3 is 15.4 Å². The van der Waals surface area contributed by atoms with E-state index in [2.05, 4.69) is 35.9 Å². The molecule has 0 bridgehead atoms. The van der Waals surface area contributed by atoms with Crippen LogP contribution in [0.4, 0.5) is 11.4 Å². The summed E-state index contributed by atoms with van der Waals surface area (Å²) < 4.78 is 5.20. The molecular formula is C15H21N3O. The second kappa shape index (κ2) is 5.89. The van der Waals surface area contributed by atoms with Crippen molar-refractivity contribution in [1.82, 2.24) is 4.98 Å². The summed E-state index contributed by atoms with van der Waals surface area (Å²) in [7, 11) is 1.72. The van der Waals surface area contributed by atoms with Crippen molar-refractivity contribution >= 4 is 22.3 Å². The molecule has 1 aromatic carbocycles. The minimum Gasteiger partial charge on any atom is -0.397 e. The number of nitrogens with zero attached hydrogens (tertiary/aromatic N) is 2. The van der Waals surface area contributed by atoms with Crippen molar-refractivity contribution in [3.05, 3.63) is 30.5 Å². The Bertz CT molecular complexity index is 554. The van der Waals surface area contributed by atoms with Crippen LogP contribution >= 0.6 is 0 Å². The fourth-order valence-electron chi connectivity index (χ4n) is 2.28. The predicted octanol–water partition coefficient (Wildman–Crippen LogP) is 2.68. The van der Waals surface area contributed by atoms with E-state index in [-0.39, 0.29) is 0 Å². The summed E-state index contributed by atoms with van der Waals surface area (Å²) in [6.07, 6.45) is 1.78. The van der Waals surface area contributed by atoms with Gasteiger partial charge >= 0.3 is 0 Å². The topological polar surface area (TPSA) is 51.4 Å². The Balaban J connectivity index is 2.50. The molecule has 4 nitrogen and oxygen atoms in total. The smallest absolute Gasteiger partial charge is 0.0951 e. The number of pyridine rings is 1. The maximum Gasteiger partial charge on any atom is 0.0951 e. The average Bonchev–Trinajstić information content (AvgIpc) is 2.41. The molecule has 0 amide bonds. The highest BCUT2D eigenvalue weighted by molar-refractivity contribution is 5.98. The number of ether oxygens (including phenoxy) is 1. The van der Waals surface area contributed by atoms with Crippen molar-refractivity contribution in [2.24, 2.45) is 0 Å². The first kappa shape index (κ1) is 13.6. The van der Waals surface area contributed by atoms with Crippen molar-refractivity contribution in [2.75, 3.05) is 30.9 Å². The first-order valence-electron chi connectivity index (χ1n) is 6.54. The third-order valence-corrected chi connectivity index (χ3v) is 3.25. The van der Waals surface area contributed by atoms with Gasteiger partial charge in [-0.2, -0.15) is 0 Å². The zero-order valence-corrected chi connectivity index (χ0v) is 11.8. The number of anilines is 2. The van der Waals surface area contributed by atoms with Gasteiger partial charge in [-0.25, -0.2) is 0 Å². The summed E-state index contributed by atoms with van der Waals surface area (Å²) in [5, 5.41) is 1.09. The number of methoxy groups -OCH3 is 1. The number of nitrogen functional groups attached to an aromatic ring is 1. The molecule has 4 heteroatoms. The van der Waals surface area contributed by atoms with Gasteiger partial charge in [0.15, 0.2) is 0 Å². The van der Waals surface area contributed by atoms with E-state index >= 15 is 0 Å². The minimum atomic E-state index is 0.391. The summed E-state index contributed by atoms with van der Waals surface area (Å²) in [6.45, 7) is 5.90. The lowest BCUT2D eigenvalue weighted by atomic mass is 10.1. The van der Waals surface area contributed by atoms with Crippen LogP contribution in [0.3, 0.4) is 0 Å². The lowest BCUT2D eigenvalue weighted by molar-refractivity contribution is 0.204. The van der Waals surface area contributed by atoms with Gasteiger partial charge in [0.25, 0.3) is 0 Å². The number of hydrogen-bond donors (Lipinski definition) is 1. The van der Waals surface area contributed by atoms with Crippen LogP contribution in [0, 0.1) is 0 Å². The van der Waals surface area contributed by atoms with Gasteiger partial charge in [0.05, 0.1) is 17.8 Å². The van der Waals surface area contributed by atoms with E-state index in [9.17, 15) is 0 Å². The fraction of sp³-hybridized carbons (Fsp3) is 0.400. The van der Waals surface area contributed by atoms with Crippen LogP contribution in [0.1, 0.15) is 13.8 Å². The van der Waals surface area contributed by atoms with E-state index in [0.29, 0.717) is 12.6 Å². The summed E-state index contributed by atoms with van der Waals surface area (Å²) >= 11 is 0. The van der Waals surface area contributed by atoms with E-state index in [4.69, 9.17) is 10.5 Å². The van der Waals surface area contributed by atoms with Crippen molar-refractivity contribution in [2.45, 2.75) is 19.9 Å². The molecule has 102 valence electrons. The molecule has 0 radical (unpaired) electrons. The second-order valence-electron chi connectivity index (χ2n) is 4.85. The summed E-state index contributed by atoms with van der Waals surface area (Å²) in [5.74, 6) is 0. The number of fused-ring (bicyclic) bond motifs is 1. The molecule has 1 aromatic heterocycles. The Morgan fingerprint density at radius 1 is 1.32 bits per heavy atom. The lowest BCUT2D eigenvalue weighted by Crippen LogP contribution is -2.34. The third-order valence-electron chi connectivity index (χ3n) is 3.25. The van der Waals surface area contributed by atoms with Gasteiger partial charge in [0.1, 0.15) is 0 Å².